The molecule has 0 spiro atoms. The number of aromatic carboxylic acids is 1. The van der Waals surface area contributed by atoms with Crippen LogP contribution in [0, 0.1) is 13.8 Å². The average molecular weight is 272 g/mol. The molecular weight excluding hydrogens is 256 g/mol. The van der Waals surface area contributed by atoms with Gasteiger partial charge in [0.15, 0.2) is 0 Å². The lowest BCUT2D eigenvalue weighted by atomic mass is 10.0. The van der Waals surface area contributed by atoms with Crippen molar-refractivity contribution in [3.05, 3.63) is 58.9 Å². The number of nitrogens with zero attached hydrogens (tertiary/aromatic N) is 1. The van der Waals surface area contributed by atoms with E-state index in [2.05, 4.69) is 5.43 Å². The van der Waals surface area contributed by atoms with Crippen molar-refractivity contribution in [2.45, 2.75) is 20.3 Å². The highest BCUT2D eigenvalue weighted by molar-refractivity contribution is 5.93. The lowest BCUT2D eigenvalue weighted by molar-refractivity contribution is -0.116. The van der Waals surface area contributed by atoms with Gasteiger partial charge < -0.3 is 5.11 Å². The first kappa shape index (κ1) is 13.9. The molecule has 0 saturated carbocycles. The lowest BCUT2D eigenvalue weighted by Crippen LogP contribution is -2.26. The van der Waals surface area contributed by atoms with Crippen LogP contribution < -0.4 is 5.43 Å². The lowest BCUT2D eigenvalue weighted by Gasteiger charge is -2.12. The van der Waals surface area contributed by atoms with Crippen LogP contribution in [0.4, 0.5) is 0 Å². The van der Waals surface area contributed by atoms with E-state index in [0.717, 1.165) is 11.4 Å². The molecule has 5 heteroatoms. The monoisotopic (exact) mass is 272 g/mol. The Morgan fingerprint density at radius 2 is 1.70 bits per heavy atom. The third-order valence-corrected chi connectivity index (χ3v) is 3.11. The number of hydrogen-bond donors (Lipinski definition) is 2. The van der Waals surface area contributed by atoms with E-state index in [4.69, 9.17) is 5.11 Å². The molecule has 1 aromatic carbocycles. The summed E-state index contributed by atoms with van der Waals surface area (Å²) >= 11 is 0. The highest BCUT2D eigenvalue weighted by Gasteiger charge is 2.13. The number of benzene rings is 1. The van der Waals surface area contributed by atoms with Crippen molar-refractivity contribution in [3.8, 4) is 0 Å². The smallest absolute Gasteiger partial charge is 0.335 e. The van der Waals surface area contributed by atoms with Gasteiger partial charge >= 0.3 is 5.97 Å². The number of rotatable bonds is 4. The predicted molar refractivity (Wildman–Crippen MR) is 75.4 cm³/mol. The van der Waals surface area contributed by atoms with E-state index in [1.54, 1.807) is 22.9 Å². The topological polar surface area (TPSA) is 71.3 Å². The molecule has 0 atom stereocenters. The van der Waals surface area contributed by atoms with E-state index < -0.39 is 5.97 Å². The third kappa shape index (κ3) is 2.88. The Morgan fingerprint density at radius 3 is 2.30 bits per heavy atom. The third-order valence-electron chi connectivity index (χ3n) is 3.11. The van der Waals surface area contributed by atoms with E-state index in [1.165, 1.54) is 6.07 Å². The minimum atomic E-state index is -1.03. The molecule has 2 rings (SSSR count). The molecule has 2 N–H and O–H groups in total. The first-order chi connectivity index (χ1) is 9.49. The first-order valence-corrected chi connectivity index (χ1v) is 6.25. The molecule has 0 aliphatic rings. The molecule has 0 saturated heterocycles. The fourth-order valence-corrected chi connectivity index (χ4v) is 2.07. The van der Waals surface area contributed by atoms with Gasteiger partial charge in [0.2, 0.25) is 5.91 Å². The molecule has 0 radical (unpaired) electrons. The maximum atomic E-state index is 12.0. The van der Waals surface area contributed by atoms with E-state index in [0.29, 0.717) is 5.56 Å². The second-order valence-electron chi connectivity index (χ2n) is 4.63. The SMILES string of the molecule is Cc1ccc(C)n1NC(=O)Cc1ccccc1C(=O)O. The van der Waals surface area contributed by atoms with Crippen LogP contribution in [0.2, 0.25) is 0 Å². The summed E-state index contributed by atoms with van der Waals surface area (Å²) in [6, 6.07) is 10.3. The molecule has 0 unspecified atom stereocenters. The van der Waals surface area contributed by atoms with Gasteiger partial charge in [-0.3, -0.25) is 14.9 Å². The van der Waals surface area contributed by atoms with Crippen LogP contribution in [-0.2, 0) is 11.2 Å². The standard InChI is InChI=1S/C15H16N2O3/c1-10-7-8-11(2)17(10)16-14(18)9-12-5-3-4-6-13(12)15(19)20/h3-8H,9H2,1-2H3,(H,16,18)(H,19,20). The van der Waals surface area contributed by atoms with Crippen LogP contribution in [0.15, 0.2) is 36.4 Å². The quantitative estimate of drug-likeness (QED) is 0.895. The number of carboxylic acid groups (broad SMARTS) is 1. The van der Waals surface area contributed by atoms with Crippen LogP contribution in [0.3, 0.4) is 0 Å². The van der Waals surface area contributed by atoms with Gasteiger partial charge in [0.25, 0.3) is 0 Å². The summed E-state index contributed by atoms with van der Waals surface area (Å²) < 4.78 is 1.69. The second-order valence-corrected chi connectivity index (χ2v) is 4.63. The number of carboxylic acids is 1. The van der Waals surface area contributed by atoms with Gasteiger partial charge in [-0.25, -0.2) is 4.79 Å². The Balaban J connectivity index is 2.15. The van der Waals surface area contributed by atoms with Gasteiger partial charge in [-0.1, -0.05) is 18.2 Å². The number of nitrogens with one attached hydrogen (secondary N) is 1. The predicted octanol–water partition coefficient (Wildman–Crippen LogP) is 2.12. The summed E-state index contributed by atoms with van der Waals surface area (Å²) in [5.41, 5.74) is 5.25. The maximum Gasteiger partial charge on any atom is 0.335 e. The number of aromatic nitrogens is 1. The largest absolute Gasteiger partial charge is 0.478 e. The highest BCUT2D eigenvalue weighted by atomic mass is 16.4. The summed E-state index contributed by atoms with van der Waals surface area (Å²) in [5.74, 6) is -1.28. The van der Waals surface area contributed by atoms with E-state index in [-0.39, 0.29) is 17.9 Å². The first-order valence-electron chi connectivity index (χ1n) is 6.25. The fraction of sp³-hybridized carbons (Fsp3) is 0.200. The van der Waals surface area contributed by atoms with Crippen LogP contribution in [0.25, 0.3) is 0 Å². The van der Waals surface area contributed by atoms with Crippen molar-refractivity contribution in [1.82, 2.24) is 4.68 Å². The molecule has 0 aliphatic carbocycles. The molecule has 1 amide bonds. The van der Waals surface area contributed by atoms with Gasteiger partial charge in [0.1, 0.15) is 0 Å². The summed E-state index contributed by atoms with van der Waals surface area (Å²) in [7, 11) is 0. The minimum Gasteiger partial charge on any atom is -0.478 e. The number of carbonyl (C=O) groups excluding carboxylic acids is 1. The molecule has 1 heterocycles. The van der Waals surface area contributed by atoms with Gasteiger partial charge in [0, 0.05) is 11.4 Å². The number of amides is 1. The van der Waals surface area contributed by atoms with Crippen molar-refractivity contribution in [1.29, 1.82) is 0 Å². The molecule has 0 aliphatic heterocycles. The molecule has 104 valence electrons. The van der Waals surface area contributed by atoms with Crippen LogP contribution in [0.1, 0.15) is 27.3 Å². The number of aryl methyl sites for hydroxylation is 2. The molecule has 0 bridgehead atoms. The van der Waals surface area contributed by atoms with Crippen LogP contribution >= 0.6 is 0 Å². The summed E-state index contributed by atoms with van der Waals surface area (Å²) in [6.07, 6.45) is 0.0273. The molecule has 1 aromatic heterocycles. The Hall–Kier alpha value is -2.56. The molecular formula is C15H16N2O3. The van der Waals surface area contributed by atoms with Gasteiger partial charge in [-0.2, -0.15) is 0 Å². The van der Waals surface area contributed by atoms with Crippen molar-refractivity contribution in [3.63, 3.8) is 0 Å². The molecule has 5 nitrogen and oxygen atoms in total. The molecule has 0 fully saturated rings. The minimum absolute atomic E-state index is 0.0273. The van der Waals surface area contributed by atoms with Crippen molar-refractivity contribution >= 4 is 11.9 Å². The normalized spacial score (nSPS) is 10.3. The Kier molecular flexibility index (Phi) is 3.89. The van der Waals surface area contributed by atoms with Crippen molar-refractivity contribution in [2.24, 2.45) is 0 Å². The van der Waals surface area contributed by atoms with E-state index in [1.807, 2.05) is 26.0 Å². The Bertz CT molecular complexity index is 639. The zero-order chi connectivity index (χ0) is 14.7. The number of hydrogen-bond acceptors (Lipinski definition) is 2. The summed E-state index contributed by atoms with van der Waals surface area (Å²) in [4.78, 5) is 23.1. The van der Waals surface area contributed by atoms with Gasteiger partial charge in [-0.15, -0.1) is 0 Å². The Morgan fingerprint density at radius 1 is 1.10 bits per heavy atom. The van der Waals surface area contributed by atoms with Gasteiger partial charge in [-0.05, 0) is 37.6 Å². The van der Waals surface area contributed by atoms with Crippen LogP contribution in [-0.4, -0.2) is 21.7 Å². The zero-order valence-corrected chi connectivity index (χ0v) is 11.4. The number of carbonyl (C=O) groups is 2. The maximum absolute atomic E-state index is 12.0. The fourth-order valence-electron chi connectivity index (χ4n) is 2.07. The Labute approximate surface area is 116 Å². The summed E-state index contributed by atoms with van der Waals surface area (Å²) in [6.45, 7) is 3.77. The zero-order valence-electron chi connectivity index (χ0n) is 11.4. The van der Waals surface area contributed by atoms with Crippen molar-refractivity contribution in [2.75, 3.05) is 5.43 Å². The summed E-state index contributed by atoms with van der Waals surface area (Å²) in [5, 5.41) is 9.09. The molecule has 20 heavy (non-hydrogen) atoms. The van der Waals surface area contributed by atoms with Crippen molar-refractivity contribution < 1.29 is 14.7 Å². The van der Waals surface area contributed by atoms with E-state index in [9.17, 15) is 9.59 Å². The van der Waals surface area contributed by atoms with Gasteiger partial charge in [0.05, 0.1) is 12.0 Å². The van der Waals surface area contributed by atoms with Crippen LogP contribution in [0.5, 0.6) is 0 Å². The van der Waals surface area contributed by atoms with E-state index >= 15 is 0 Å². The highest BCUT2D eigenvalue weighted by Crippen LogP contribution is 2.10. The average Bonchev–Trinajstić information content (AvgIpc) is 2.71. The molecule has 2 aromatic rings. The second kappa shape index (κ2) is 5.61.